The molecular weight excluding hydrogens is 581 g/mol. The highest BCUT2D eigenvalue weighted by molar-refractivity contribution is 14.1. The van der Waals surface area contributed by atoms with E-state index in [1.54, 1.807) is 38.1 Å². The average molecular weight is 605 g/mol. The van der Waals surface area contributed by atoms with Crippen molar-refractivity contribution in [3.05, 3.63) is 91.6 Å². The van der Waals surface area contributed by atoms with Gasteiger partial charge >= 0.3 is 0 Å². The summed E-state index contributed by atoms with van der Waals surface area (Å²) >= 11 is 2.18. The minimum atomic E-state index is -0.648. The largest absolute Gasteiger partial charge is 0.507 e. The third-order valence-electron chi connectivity index (χ3n) is 8.23. The highest BCUT2D eigenvalue weighted by Gasteiger charge is 2.56. The molecule has 4 aliphatic rings. The molecule has 2 amide bonds. The van der Waals surface area contributed by atoms with E-state index in [-0.39, 0.29) is 35.6 Å². The Labute approximate surface area is 227 Å². The minimum absolute atomic E-state index is 0.0730. The molecule has 1 saturated heterocycles. The fourth-order valence-corrected chi connectivity index (χ4v) is 6.86. The van der Waals surface area contributed by atoms with Crippen LogP contribution in [-0.2, 0) is 19.2 Å². The van der Waals surface area contributed by atoms with Gasteiger partial charge in [0.05, 0.1) is 17.5 Å². The van der Waals surface area contributed by atoms with E-state index in [1.807, 2.05) is 24.3 Å². The summed E-state index contributed by atoms with van der Waals surface area (Å²) in [5.74, 6) is -3.11. The van der Waals surface area contributed by atoms with Gasteiger partial charge in [-0.1, -0.05) is 29.8 Å². The lowest BCUT2D eigenvalue weighted by atomic mass is 9.59. The van der Waals surface area contributed by atoms with Gasteiger partial charge in [0.15, 0.2) is 11.6 Å². The van der Waals surface area contributed by atoms with Crippen molar-refractivity contribution in [3.63, 3.8) is 0 Å². The second kappa shape index (κ2) is 8.62. The van der Waals surface area contributed by atoms with Gasteiger partial charge in [0, 0.05) is 31.8 Å². The van der Waals surface area contributed by atoms with Crippen LogP contribution < -0.4 is 4.90 Å². The molecule has 0 aromatic heterocycles. The smallest absolute Gasteiger partial charge is 0.238 e. The number of allylic oxidation sites excluding steroid dienone is 6. The molecule has 1 aliphatic heterocycles. The van der Waals surface area contributed by atoms with Gasteiger partial charge in [0.2, 0.25) is 11.8 Å². The zero-order valence-corrected chi connectivity index (χ0v) is 22.5. The second-order valence-corrected chi connectivity index (χ2v) is 11.5. The highest BCUT2D eigenvalue weighted by Crippen LogP contribution is 2.56. The summed E-state index contributed by atoms with van der Waals surface area (Å²) in [6.45, 7) is 3.41. The summed E-state index contributed by atoms with van der Waals surface area (Å²) < 4.78 is 0.998. The number of amides is 2. The van der Waals surface area contributed by atoms with E-state index in [4.69, 9.17) is 0 Å². The number of nitrogens with zero attached hydrogens (tertiary/aromatic N) is 1. The first-order valence-corrected chi connectivity index (χ1v) is 13.4. The molecule has 4 atom stereocenters. The number of hydrogen-bond acceptors (Lipinski definition) is 5. The third kappa shape index (κ3) is 3.50. The topological polar surface area (TPSA) is 91.8 Å². The van der Waals surface area contributed by atoms with Crippen LogP contribution in [0.1, 0.15) is 36.8 Å². The molecule has 2 aromatic carbocycles. The molecule has 3 aliphatic carbocycles. The number of para-hydroxylation sites is 1. The van der Waals surface area contributed by atoms with Gasteiger partial charge in [0.25, 0.3) is 0 Å². The Morgan fingerprint density at radius 3 is 2.41 bits per heavy atom. The van der Waals surface area contributed by atoms with E-state index in [9.17, 15) is 24.3 Å². The SMILES string of the molecule is CC1=CC(=O)C2=C(C[C@@H]3C(=CC[C@@H]4C(=O)N(c5ccc(I)cc5)C(=O)[C@@H]43)[C@@H]2c2cccc(C)c2O)C1=O. The summed E-state index contributed by atoms with van der Waals surface area (Å²) in [6.07, 6.45) is 3.93. The molecule has 6 nitrogen and oxygen atoms in total. The lowest BCUT2D eigenvalue weighted by Gasteiger charge is -2.42. The number of Topliss-reactive ketones (excluding diaryl/α,β-unsaturated/α-hetero) is 1. The molecule has 2 aromatic rings. The Hall–Kier alpha value is -3.33. The number of aryl methyl sites for hydroxylation is 1. The van der Waals surface area contributed by atoms with Gasteiger partial charge in [-0.05, 0) is 91.1 Å². The highest BCUT2D eigenvalue weighted by atomic mass is 127. The van der Waals surface area contributed by atoms with E-state index in [0.29, 0.717) is 40.0 Å². The number of fused-ring (bicyclic) bond motifs is 3. The van der Waals surface area contributed by atoms with Crippen LogP contribution in [-0.4, -0.2) is 28.5 Å². The molecule has 1 heterocycles. The molecule has 0 bridgehead atoms. The van der Waals surface area contributed by atoms with Crippen molar-refractivity contribution >= 4 is 51.7 Å². The molecule has 0 saturated carbocycles. The second-order valence-electron chi connectivity index (χ2n) is 10.2. The Morgan fingerprint density at radius 2 is 1.68 bits per heavy atom. The standard InChI is InChI=1S/C30H24INO5/c1-14-4-3-5-19(27(14)34)24-18-10-11-20-25(21(18)13-22-26(24)23(33)12-15(2)28(22)35)30(37)32(29(20)36)17-8-6-16(31)7-9-17/h3-10,12,20-21,24-25,34H,11,13H2,1-2H3/t20-,21+,24+,25-/m0/s1. The molecule has 1 fully saturated rings. The lowest BCUT2D eigenvalue weighted by molar-refractivity contribution is -0.123. The van der Waals surface area contributed by atoms with Crippen molar-refractivity contribution in [2.24, 2.45) is 17.8 Å². The van der Waals surface area contributed by atoms with Crippen LogP contribution in [0.3, 0.4) is 0 Å². The van der Waals surface area contributed by atoms with E-state index in [2.05, 4.69) is 22.6 Å². The number of benzene rings is 2. The summed E-state index contributed by atoms with van der Waals surface area (Å²) in [5, 5.41) is 11.0. The Kier molecular flexibility index (Phi) is 5.60. The van der Waals surface area contributed by atoms with E-state index in [0.717, 1.165) is 9.14 Å². The predicted molar refractivity (Wildman–Crippen MR) is 146 cm³/mol. The average Bonchev–Trinajstić information content (AvgIpc) is 3.13. The van der Waals surface area contributed by atoms with Crippen molar-refractivity contribution < 1.29 is 24.3 Å². The monoisotopic (exact) mass is 605 g/mol. The van der Waals surface area contributed by atoms with Gasteiger partial charge in [-0.2, -0.15) is 0 Å². The molecular formula is C30H24INO5. The fraction of sp³-hybridized carbons (Fsp3) is 0.267. The van der Waals surface area contributed by atoms with Gasteiger partial charge in [-0.3, -0.25) is 24.1 Å². The summed E-state index contributed by atoms with van der Waals surface area (Å²) in [5.41, 5.74) is 3.72. The van der Waals surface area contributed by atoms with Gasteiger partial charge in [-0.25, -0.2) is 0 Å². The maximum atomic E-state index is 13.9. The number of ketones is 2. The summed E-state index contributed by atoms with van der Waals surface area (Å²) in [7, 11) is 0. The van der Waals surface area contributed by atoms with Crippen LogP contribution >= 0.6 is 22.6 Å². The fourth-order valence-electron chi connectivity index (χ4n) is 6.50. The number of hydrogen-bond donors (Lipinski definition) is 1. The molecule has 7 heteroatoms. The maximum Gasteiger partial charge on any atom is 0.238 e. The first-order valence-electron chi connectivity index (χ1n) is 12.3. The Morgan fingerprint density at radius 1 is 0.946 bits per heavy atom. The van der Waals surface area contributed by atoms with Gasteiger partial charge in [-0.15, -0.1) is 0 Å². The van der Waals surface area contributed by atoms with Crippen LogP contribution in [0.15, 0.2) is 76.9 Å². The first-order chi connectivity index (χ1) is 17.7. The number of imide groups is 1. The number of phenols is 1. The van der Waals surface area contributed by atoms with E-state index in [1.165, 1.54) is 11.0 Å². The molecule has 0 radical (unpaired) electrons. The third-order valence-corrected chi connectivity index (χ3v) is 8.95. The number of rotatable bonds is 2. The molecule has 6 rings (SSSR count). The van der Waals surface area contributed by atoms with Crippen LogP contribution in [0.2, 0.25) is 0 Å². The molecule has 186 valence electrons. The number of anilines is 1. The number of halogens is 1. The van der Waals surface area contributed by atoms with Crippen molar-refractivity contribution in [2.45, 2.75) is 32.6 Å². The van der Waals surface area contributed by atoms with Crippen LogP contribution in [0.5, 0.6) is 5.75 Å². The first kappa shape index (κ1) is 24.0. The molecule has 0 spiro atoms. The zero-order valence-electron chi connectivity index (χ0n) is 20.3. The molecule has 37 heavy (non-hydrogen) atoms. The number of phenolic OH excluding ortho intramolecular Hbond substituents is 1. The number of aromatic hydroxyl groups is 1. The van der Waals surface area contributed by atoms with Crippen LogP contribution in [0.25, 0.3) is 0 Å². The molecule has 1 N–H and O–H groups in total. The van der Waals surface area contributed by atoms with Crippen molar-refractivity contribution in [2.75, 3.05) is 4.90 Å². The Balaban J connectivity index is 1.50. The van der Waals surface area contributed by atoms with E-state index >= 15 is 0 Å². The summed E-state index contributed by atoms with van der Waals surface area (Å²) in [6, 6.07) is 12.6. The maximum absolute atomic E-state index is 13.9. The van der Waals surface area contributed by atoms with Crippen molar-refractivity contribution in [1.29, 1.82) is 0 Å². The summed E-state index contributed by atoms with van der Waals surface area (Å²) in [4.78, 5) is 55.3. The van der Waals surface area contributed by atoms with Crippen molar-refractivity contribution in [1.82, 2.24) is 0 Å². The Bertz CT molecular complexity index is 1510. The lowest BCUT2D eigenvalue weighted by Crippen LogP contribution is -2.39. The van der Waals surface area contributed by atoms with Gasteiger partial charge in [0.1, 0.15) is 5.75 Å². The predicted octanol–water partition coefficient (Wildman–Crippen LogP) is 4.94. The number of carbonyl (C=O) groups excluding carboxylic acids is 4. The quantitative estimate of drug-likeness (QED) is 0.227. The number of carbonyl (C=O) groups is 4. The normalized spacial score (nSPS) is 27.1. The van der Waals surface area contributed by atoms with Crippen molar-refractivity contribution in [3.8, 4) is 5.75 Å². The van der Waals surface area contributed by atoms with Crippen LogP contribution in [0.4, 0.5) is 5.69 Å². The van der Waals surface area contributed by atoms with E-state index < -0.39 is 23.7 Å². The minimum Gasteiger partial charge on any atom is -0.507 e. The van der Waals surface area contributed by atoms with Crippen LogP contribution in [0, 0.1) is 28.2 Å². The van der Waals surface area contributed by atoms with Gasteiger partial charge < -0.3 is 5.11 Å². The zero-order chi connectivity index (χ0) is 26.2. The molecule has 0 unspecified atom stereocenters.